The Morgan fingerprint density at radius 3 is 2.93 bits per heavy atom. The fraction of sp³-hybridized carbons (Fsp3) is 0.550. The Bertz CT molecular complexity index is 845. The van der Waals surface area contributed by atoms with Crippen LogP contribution in [0.2, 0.25) is 0 Å². The van der Waals surface area contributed by atoms with Crippen molar-refractivity contribution in [2.45, 2.75) is 44.1 Å². The zero-order valence-electron chi connectivity index (χ0n) is 15.9. The number of nitrogens with one attached hydrogen (secondary N) is 3. The van der Waals surface area contributed by atoms with Gasteiger partial charge in [0, 0.05) is 55.3 Å². The molecule has 1 saturated heterocycles. The standard InChI is InChI=1S/C20H26N6O2/c27-20-22-12-13-4-7-26(8-5-13)19-10-15(3-6-21-19)23-18-11-17(24-25-18)14-1-2-16(9-14)28-20/h3,6,10-11,13-14,16H,1-2,4-5,7-9,12H2,(H,22,27)(H2,23,24,25)/t14-,16+/m0/s1. The number of anilines is 3. The lowest BCUT2D eigenvalue weighted by Crippen LogP contribution is -2.39. The number of carbonyl (C=O) groups is 1. The van der Waals surface area contributed by atoms with Crippen LogP contribution < -0.4 is 15.5 Å². The molecule has 28 heavy (non-hydrogen) atoms. The Balaban J connectivity index is 1.40. The largest absolute Gasteiger partial charge is 0.446 e. The molecule has 2 aromatic rings. The van der Waals surface area contributed by atoms with Gasteiger partial charge in [0.15, 0.2) is 5.82 Å². The van der Waals surface area contributed by atoms with Crippen LogP contribution in [0.4, 0.5) is 22.1 Å². The van der Waals surface area contributed by atoms with Crippen LogP contribution in [-0.2, 0) is 4.74 Å². The molecule has 1 saturated carbocycles. The molecule has 0 spiro atoms. The fourth-order valence-corrected chi connectivity index (χ4v) is 4.54. The molecule has 1 amide bonds. The van der Waals surface area contributed by atoms with Crippen molar-refractivity contribution in [1.82, 2.24) is 20.5 Å². The lowest BCUT2D eigenvalue weighted by atomic mass is 9.97. The molecule has 148 valence electrons. The van der Waals surface area contributed by atoms with Crippen molar-refractivity contribution in [2.24, 2.45) is 5.92 Å². The van der Waals surface area contributed by atoms with Crippen LogP contribution in [0.3, 0.4) is 0 Å². The van der Waals surface area contributed by atoms with E-state index in [1.807, 2.05) is 12.3 Å². The summed E-state index contributed by atoms with van der Waals surface area (Å²) in [4.78, 5) is 19.1. The summed E-state index contributed by atoms with van der Waals surface area (Å²) >= 11 is 0. The third-order valence-corrected chi connectivity index (χ3v) is 6.19. The molecule has 4 aliphatic rings. The van der Waals surface area contributed by atoms with E-state index in [-0.39, 0.29) is 12.2 Å². The maximum atomic E-state index is 12.2. The number of carbonyl (C=O) groups excluding carboxylic acids is 1. The number of ether oxygens (including phenoxy) is 1. The third-order valence-electron chi connectivity index (χ3n) is 6.19. The predicted octanol–water partition coefficient (Wildman–Crippen LogP) is 3.14. The average molecular weight is 382 g/mol. The number of hydrogen-bond donors (Lipinski definition) is 3. The van der Waals surface area contributed by atoms with Gasteiger partial charge in [0.2, 0.25) is 0 Å². The maximum Gasteiger partial charge on any atom is 0.407 e. The van der Waals surface area contributed by atoms with Crippen molar-refractivity contribution in [1.29, 1.82) is 0 Å². The summed E-state index contributed by atoms with van der Waals surface area (Å²) in [7, 11) is 0. The molecule has 8 bridgehead atoms. The Labute approximate surface area is 164 Å². The number of amides is 1. The predicted molar refractivity (Wildman–Crippen MR) is 106 cm³/mol. The van der Waals surface area contributed by atoms with E-state index in [2.05, 4.69) is 42.8 Å². The van der Waals surface area contributed by atoms with Crippen LogP contribution >= 0.6 is 0 Å². The minimum Gasteiger partial charge on any atom is -0.446 e. The molecule has 2 atom stereocenters. The Hall–Kier alpha value is -2.77. The quantitative estimate of drug-likeness (QED) is 0.648. The fourth-order valence-electron chi connectivity index (χ4n) is 4.54. The minimum atomic E-state index is -0.282. The molecule has 8 nitrogen and oxygen atoms in total. The number of nitrogens with zero attached hydrogens (tertiary/aromatic N) is 3. The summed E-state index contributed by atoms with van der Waals surface area (Å²) in [5.74, 6) is 2.61. The molecule has 6 rings (SSSR count). The molecular formula is C20H26N6O2. The summed E-state index contributed by atoms with van der Waals surface area (Å²) in [6, 6.07) is 6.11. The van der Waals surface area contributed by atoms with Crippen molar-refractivity contribution >= 4 is 23.4 Å². The first-order valence-electron chi connectivity index (χ1n) is 10.2. The number of piperidine rings is 1. The summed E-state index contributed by atoms with van der Waals surface area (Å²) in [5, 5.41) is 13.9. The van der Waals surface area contributed by atoms with E-state index in [0.29, 0.717) is 18.4 Å². The van der Waals surface area contributed by atoms with Gasteiger partial charge in [-0.05, 0) is 44.1 Å². The Morgan fingerprint density at radius 2 is 2.04 bits per heavy atom. The van der Waals surface area contributed by atoms with Crippen molar-refractivity contribution in [3.05, 3.63) is 30.1 Å². The monoisotopic (exact) mass is 382 g/mol. The SMILES string of the molecule is O=C1NCC2CCN(CC2)c2cc(ccn2)Nc2cc([nH]n2)[C@H]2CC[C@H](C2)O1. The van der Waals surface area contributed by atoms with E-state index >= 15 is 0 Å². The highest BCUT2D eigenvalue weighted by molar-refractivity contribution is 5.67. The summed E-state index contributed by atoms with van der Waals surface area (Å²) in [5.41, 5.74) is 2.08. The minimum absolute atomic E-state index is 0.0202. The normalized spacial score (nSPS) is 27.4. The molecule has 0 radical (unpaired) electrons. The molecule has 2 aromatic heterocycles. The second-order valence-corrected chi connectivity index (χ2v) is 8.08. The van der Waals surface area contributed by atoms with Crippen LogP contribution in [0.25, 0.3) is 0 Å². The van der Waals surface area contributed by atoms with Crippen LogP contribution in [0, 0.1) is 5.92 Å². The summed E-state index contributed by atoms with van der Waals surface area (Å²) in [6.45, 7) is 2.56. The molecule has 5 heterocycles. The highest BCUT2D eigenvalue weighted by atomic mass is 16.6. The Kier molecular flexibility index (Phi) is 4.54. The van der Waals surface area contributed by atoms with Crippen molar-refractivity contribution in [3.63, 3.8) is 0 Å². The van der Waals surface area contributed by atoms with Gasteiger partial charge < -0.3 is 20.3 Å². The zero-order chi connectivity index (χ0) is 18.9. The molecule has 0 unspecified atom stereocenters. The van der Waals surface area contributed by atoms with Gasteiger partial charge in [0.25, 0.3) is 0 Å². The molecule has 8 heteroatoms. The van der Waals surface area contributed by atoms with Crippen LogP contribution in [0.15, 0.2) is 24.4 Å². The second-order valence-electron chi connectivity index (χ2n) is 8.08. The average Bonchev–Trinajstić information content (AvgIpc) is 3.36. The van der Waals surface area contributed by atoms with Gasteiger partial charge in [-0.3, -0.25) is 5.10 Å². The van der Waals surface area contributed by atoms with Crippen LogP contribution in [0.1, 0.15) is 43.7 Å². The van der Waals surface area contributed by atoms with Crippen LogP contribution in [-0.4, -0.2) is 47.0 Å². The van der Waals surface area contributed by atoms with Gasteiger partial charge >= 0.3 is 6.09 Å². The molecule has 3 N–H and O–H groups in total. The number of H-pyrrole nitrogens is 1. The number of rotatable bonds is 0. The third kappa shape index (κ3) is 3.63. The molecule has 1 aliphatic carbocycles. The van der Waals surface area contributed by atoms with E-state index in [1.54, 1.807) is 0 Å². The molecular weight excluding hydrogens is 356 g/mol. The maximum absolute atomic E-state index is 12.2. The first-order chi connectivity index (χ1) is 13.7. The zero-order valence-corrected chi connectivity index (χ0v) is 15.9. The number of aromatic amines is 1. The van der Waals surface area contributed by atoms with Gasteiger partial charge in [-0.1, -0.05) is 0 Å². The number of hydrogen-bond acceptors (Lipinski definition) is 6. The van der Waals surface area contributed by atoms with E-state index < -0.39 is 0 Å². The van der Waals surface area contributed by atoms with Gasteiger partial charge in [-0.25, -0.2) is 9.78 Å². The first-order valence-corrected chi connectivity index (χ1v) is 10.2. The molecule has 2 fully saturated rings. The van der Waals surface area contributed by atoms with E-state index in [9.17, 15) is 4.79 Å². The highest BCUT2D eigenvalue weighted by Gasteiger charge is 2.30. The first kappa shape index (κ1) is 17.3. The molecule has 3 aliphatic heterocycles. The van der Waals surface area contributed by atoms with Crippen molar-refractivity contribution < 1.29 is 9.53 Å². The lowest BCUT2D eigenvalue weighted by molar-refractivity contribution is 0.0985. The van der Waals surface area contributed by atoms with Crippen LogP contribution in [0.5, 0.6) is 0 Å². The van der Waals surface area contributed by atoms with Crippen molar-refractivity contribution in [3.8, 4) is 0 Å². The van der Waals surface area contributed by atoms with E-state index in [0.717, 1.165) is 68.2 Å². The van der Waals surface area contributed by atoms with Gasteiger partial charge in [0.1, 0.15) is 11.9 Å². The van der Waals surface area contributed by atoms with E-state index in [1.165, 1.54) is 0 Å². The topological polar surface area (TPSA) is 95.2 Å². The van der Waals surface area contributed by atoms with Gasteiger partial charge in [-0.2, -0.15) is 5.10 Å². The second kappa shape index (κ2) is 7.33. The summed E-state index contributed by atoms with van der Waals surface area (Å²) < 4.78 is 5.65. The van der Waals surface area contributed by atoms with Gasteiger partial charge in [-0.15, -0.1) is 0 Å². The van der Waals surface area contributed by atoms with Gasteiger partial charge in [0.05, 0.1) is 0 Å². The number of pyridine rings is 1. The van der Waals surface area contributed by atoms with Crippen molar-refractivity contribution in [2.75, 3.05) is 29.9 Å². The number of aromatic nitrogens is 3. The highest BCUT2D eigenvalue weighted by Crippen LogP contribution is 2.36. The molecule has 0 aromatic carbocycles. The number of fused-ring (bicyclic) bond motifs is 5. The Morgan fingerprint density at radius 1 is 1.14 bits per heavy atom. The number of alkyl carbamates (subject to hydrolysis) is 1. The smallest absolute Gasteiger partial charge is 0.407 e. The summed E-state index contributed by atoms with van der Waals surface area (Å²) in [6.07, 6.45) is 6.34. The van der Waals surface area contributed by atoms with E-state index in [4.69, 9.17) is 4.74 Å². The lowest BCUT2D eigenvalue weighted by Gasteiger charge is -2.33.